The molecule has 0 saturated carbocycles. The highest BCUT2D eigenvalue weighted by Crippen LogP contribution is 2.21. The molecule has 0 unspecified atom stereocenters. The quantitative estimate of drug-likeness (QED) is 0.678. The average molecular weight is 374 g/mol. The third kappa shape index (κ3) is 5.31. The van der Waals surface area contributed by atoms with Gasteiger partial charge in [0.05, 0.1) is 6.04 Å². The number of carbonyl (C=O) groups is 1. The molecule has 0 radical (unpaired) electrons. The van der Waals surface area contributed by atoms with E-state index in [2.05, 4.69) is 35.6 Å². The lowest BCUT2D eigenvalue weighted by atomic mass is 10.1. The minimum absolute atomic E-state index is 0.0689. The van der Waals surface area contributed by atoms with E-state index in [0.29, 0.717) is 11.6 Å². The lowest BCUT2D eigenvalue weighted by molar-refractivity contribution is -1.02. The number of piperazine rings is 1. The first kappa shape index (κ1) is 18.9. The van der Waals surface area contributed by atoms with Crippen molar-refractivity contribution in [1.82, 2.24) is 5.32 Å². The Hall–Kier alpha value is -1.88. The number of benzene rings is 2. The number of halogens is 1. The fraction of sp³-hybridized carbons (Fsp3) is 0.381. The molecule has 26 heavy (non-hydrogen) atoms. The molecule has 4 nitrogen and oxygen atoms in total. The van der Waals surface area contributed by atoms with Crippen molar-refractivity contribution < 1.29 is 14.6 Å². The van der Waals surface area contributed by atoms with Gasteiger partial charge in [-0.15, -0.1) is 0 Å². The fourth-order valence-corrected chi connectivity index (χ4v) is 3.92. The summed E-state index contributed by atoms with van der Waals surface area (Å²) in [5.74, 6) is 0.0962. The summed E-state index contributed by atoms with van der Waals surface area (Å²) in [5, 5.41) is 3.78. The van der Waals surface area contributed by atoms with Crippen LogP contribution >= 0.6 is 11.6 Å². The molecule has 1 aliphatic rings. The third-order valence-corrected chi connectivity index (χ3v) is 5.47. The highest BCUT2D eigenvalue weighted by Gasteiger charge is 2.25. The summed E-state index contributed by atoms with van der Waals surface area (Å²) in [6.45, 7) is 7.88. The normalized spacial score (nSPS) is 21.2. The van der Waals surface area contributed by atoms with E-state index in [9.17, 15) is 4.79 Å². The van der Waals surface area contributed by atoms with Gasteiger partial charge in [-0.05, 0) is 18.6 Å². The van der Waals surface area contributed by atoms with Gasteiger partial charge in [-0.25, -0.2) is 0 Å². The largest absolute Gasteiger partial charge is 0.345 e. The Morgan fingerprint density at radius 3 is 2.31 bits per heavy atom. The van der Waals surface area contributed by atoms with Gasteiger partial charge in [-0.2, -0.15) is 0 Å². The summed E-state index contributed by atoms with van der Waals surface area (Å²) in [6, 6.07) is 18.2. The van der Waals surface area contributed by atoms with E-state index in [-0.39, 0.29) is 11.9 Å². The van der Waals surface area contributed by atoms with Crippen molar-refractivity contribution in [2.24, 2.45) is 0 Å². The number of nitrogens with one attached hydrogen (secondary N) is 3. The molecular formula is C21H28ClN3O+2. The van der Waals surface area contributed by atoms with Crippen LogP contribution in [0, 0.1) is 0 Å². The van der Waals surface area contributed by atoms with Crippen LogP contribution < -0.4 is 15.1 Å². The van der Waals surface area contributed by atoms with Crippen molar-refractivity contribution in [2.45, 2.75) is 19.5 Å². The van der Waals surface area contributed by atoms with Gasteiger partial charge in [0.15, 0.2) is 6.54 Å². The van der Waals surface area contributed by atoms with E-state index in [4.69, 9.17) is 11.6 Å². The van der Waals surface area contributed by atoms with E-state index in [1.807, 2.05) is 31.2 Å². The van der Waals surface area contributed by atoms with Crippen LogP contribution in [0.15, 0.2) is 54.6 Å². The molecule has 1 atom stereocenters. The van der Waals surface area contributed by atoms with E-state index < -0.39 is 0 Å². The Bertz CT molecular complexity index is 714. The molecule has 1 aliphatic heterocycles. The lowest BCUT2D eigenvalue weighted by Crippen LogP contribution is -3.28. The predicted molar refractivity (Wildman–Crippen MR) is 104 cm³/mol. The van der Waals surface area contributed by atoms with Crippen molar-refractivity contribution >= 4 is 17.5 Å². The van der Waals surface area contributed by atoms with Crippen LogP contribution in [0.4, 0.5) is 0 Å². The summed E-state index contributed by atoms with van der Waals surface area (Å²) >= 11 is 6.22. The number of rotatable bonds is 6. The second kappa shape index (κ2) is 9.17. The first-order valence-corrected chi connectivity index (χ1v) is 9.74. The standard InChI is InChI=1S/C21H26ClN3O/c1-17(19-9-5-6-10-20(19)22)23-21(26)16-25-13-11-24(12-14-25)15-18-7-3-2-4-8-18/h2-10,17H,11-16H2,1H3,(H,23,26)/p+2/t17-/m0/s1. The zero-order chi connectivity index (χ0) is 18.4. The highest BCUT2D eigenvalue weighted by atomic mass is 35.5. The summed E-state index contributed by atoms with van der Waals surface area (Å²) in [7, 11) is 0. The van der Waals surface area contributed by atoms with Crippen LogP contribution in [0.25, 0.3) is 0 Å². The smallest absolute Gasteiger partial charge is 0.275 e. The molecule has 1 fully saturated rings. The zero-order valence-electron chi connectivity index (χ0n) is 15.3. The van der Waals surface area contributed by atoms with Gasteiger partial charge in [-0.3, -0.25) is 4.79 Å². The number of carbonyl (C=O) groups excluding carboxylic acids is 1. The lowest BCUT2D eigenvalue weighted by Gasteiger charge is -2.29. The van der Waals surface area contributed by atoms with E-state index in [0.717, 1.165) is 38.3 Å². The Labute approximate surface area is 160 Å². The van der Waals surface area contributed by atoms with Crippen molar-refractivity contribution in [3.8, 4) is 0 Å². The number of quaternary nitrogens is 2. The molecule has 3 rings (SSSR count). The molecule has 0 aromatic heterocycles. The van der Waals surface area contributed by atoms with Crippen LogP contribution in [0.5, 0.6) is 0 Å². The second-order valence-corrected chi connectivity index (χ2v) is 7.56. The fourth-order valence-electron chi connectivity index (χ4n) is 3.62. The van der Waals surface area contributed by atoms with Gasteiger partial charge in [0, 0.05) is 10.6 Å². The van der Waals surface area contributed by atoms with Gasteiger partial charge in [-0.1, -0.05) is 60.1 Å². The minimum Gasteiger partial charge on any atom is -0.345 e. The van der Waals surface area contributed by atoms with Crippen LogP contribution in [-0.2, 0) is 11.3 Å². The summed E-state index contributed by atoms with van der Waals surface area (Å²) in [5.41, 5.74) is 2.35. The molecule has 0 bridgehead atoms. The van der Waals surface area contributed by atoms with Crippen LogP contribution in [0.2, 0.25) is 5.02 Å². The Kier molecular flexibility index (Phi) is 6.67. The predicted octanol–water partition coefficient (Wildman–Crippen LogP) is 0.501. The molecule has 1 amide bonds. The average Bonchev–Trinajstić information content (AvgIpc) is 2.64. The Morgan fingerprint density at radius 1 is 1.00 bits per heavy atom. The van der Waals surface area contributed by atoms with Crippen molar-refractivity contribution in [2.75, 3.05) is 32.7 Å². The minimum atomic E-state index is -0.0689. The van der Waals surface area contributed by atoms with Gasteiger partial charge < -0.3 is 15.1 Å². The summed E-state index contributed by atoms with van der Waals surface area (Å²) in [4.78, 5) is 15.4. The summed E-state index contributed by atoms with van der Waals surface area (Å²) in [6.07, 6.45) is 0. The van der Waals surface area contributed by atoms with Crippen molar-refractivity contribution in [3.63, 3.8) is 0 Å². The molecule has 2 aromatic carbocycles. The zero-order valence-corrected chi connectivity index (χ0v) is 16.1. The molecule has 3 N–H and O–H groups in total. The summed E-state index contributed by atoms with van der Waals surface area (Å²) < 4.78 is 0. The molecule has 138 valence electrons. The molecule has 1 saturated heterocycles. The maximum absolute atomic E-state index is 12.4. The van der Waals surface area contributed by atoms with Crippen molar-refractivity contribution in [3.05, 3.63) is 70.7 Å². The van der Waals surface area contributed by atoms with Gasteiger partial charge in [0.25, 0.3) is 5.91 Å². The molecule has 5 heteroatoms. The van der Waals surface area contributed by atoms with Crippen LogP contribution in [0.1, 0.15) is 24.1 Å². The second-order valence-electron chi connectivity index (χ2n) is 7.15. The first-order valence-electron chi connectivity index (χ1n) is 9.36. The Balaban J connectivity index is 1.43. The number of amides is 1. The van der Waals surface area contributed by atoms with Gasteiger partial charge in [0.1, 0.15) is 32.7 Å². The van der Waals surface area contributed by atoms with E-state index in [1.54, 1.807) is 4.90 Å². The number of hydrogen-bond donors (Lipinski definition) is 3. The van der Waals surface area contributed by atoms with Gasteiger partial charge >= 0.3 is 0 Å². The topological polar surface area (TPSA) is 38.0 Å². The van der Waals surface area contributed by atoms with E-state index in [1.165, 1.54) is 10.5 Å². The maximum Gasteiger partial charge on any atom is 0.275 e. The highest BCUT2D eigenvalue weighted by molar-refractivity contribution is 6.31. The molecule has 2 aromatic rings. The molecule has 0 spiro atoms. The van der Waals surface area contributed by atoms with Crippen molar-refractivity contribution in [1.29, 1.82) is 0 Å². The molecule has 0 aliphatic carbocycles. The monoisotopic (exact) mass is 373 g/mol. The SMILES string of the molecule is C[C@H](NC(=O)C[NH+]1CC[NH+](Cc2ccccc2)CC1)c1ccccc1Cl. The number of hydrogen-bond acceptors (Lipinski definition) is 1. The molecular weight excluding hydrogens is 346 g/mol. The maximum atomic E-state index is 12.4. The molecule has 1 heterocycles. The van der Waals surface area contributed by atoms with Crippen LogP contribution in [-0.4, -0.2) is 38.6 Å². The first-order chi connectivity index (χ1) is 12.6. The van der Waals surface area contributed by atoms with Gasteiger partial charge in [0.2, 0.25) is 0 Å². The Morgan fingerprint density at radius 2 is 1.62 bits per heavy atom. The van der Waals surface area contributed by atoms with E-state index >= 15 is 0 Å². The van der Waals surface area contributed by atoms with Crippen LogP contribution in [0.3, 0.4) is 0 Å². The third-order valence-electron chi connectivity index (χ3n) is 5.12.